The number of amides is 1. The summed E-state index contributed by atoms with van der Waals surface area (Å²) in [4.78, 5) is 24.7. The van der Waals surface area contributed by atoms with Gasteiger partial charge in [0.1, 0.15) is 0 Å². The van der Waals surface area contributed by atoms with Crippen molar-refractivity contribution in [2.24, 2.45) is 0 Å². The SMILES string of the molecule is O=C(O)CC1CN(C(=O)C2CCCCS2)CCO1. The summed E-state index contributed by atoms with van der Waals surface area (Å²) < 4.78 is 5.37. The predicted octanol–water partition coefficient (Wildman–Crippen LogP) is 0.974. The van der Waals surface area contributed by atoms with E-state index in [1.54, 1.807) is 16.7 Å². The van der Waals surface area contributed by atoms with E-state index in [9.17, 15) is 9.59 Å². The first kappa shape index (κ1) is 13.7. The number of hydrogen-bond acceptors (Lipinski definition) is 4. The average molecular weight is 273 g/mol. The molecule has 5 nitrogen and oxygen atoms in total. The standard InChI is InChI=1S/C12H19NO4S/c14-11(15)7-9-8-13(4-5-17-9)12(16)10-3-1-2-6-18-10/h9-10H,1-8H2,(H,14,15). The zero-order valence-corrected chi connectivity index (χ0v) is 11.2. The van der Waals surface area contributed by atoms with Gasteiger partial charge in [-0.15, -0.1) is 11.8 Å². The smallest absolute Gasteiger partial charge is 0.306 e. The van der Waals surface area contributed by atoms with Crippen molar-refractivity contribution in [3.8, 4) is 0 Å². The minimum absolute atomic E-state index is 0.0262. The Labute approximate surface area is 111 Å². The molecule has 0 aliphatic carbocycles. The maximum Gasteiger partial charge on any atom is 0.306 e. The van der Waals surface area contributed by atoms with Gasteiger partial charge in [0, 0.05) is 13.1 Å². The summed E-state index contributed by atoms with van der Waals surface area (Å²) >= 11 is 1.73. The molecule has 0 spiro atoms. The number of thioether (sulfide) groups is 1. The van der Waals surface area contributed by atoms with Crippen LogP contribution in [0.5, 0.6) is 0 Å². The van der Waals surface area contributed by atoms with E-state index in [4.69, 9.17) is 9.84 Å². The van der Waals surface area contributed by atoms with Crippen molar-refractivity contribution in [2.75, 3.05) is 25.4 Å². The van der Waals surface area contributed by atoms with E-state index in [1.807, 2.05) is 0 Å². The largest absolute Gasteiger partial charge is 0.481 e. The fraction of sp³-hybridized carbons (Fsp3) is 0.833. The van der Waals surface area contributed by atoms with Crippen molar-refractivity contribution in [1.29, 1.82) is 0 Å². The summed E-state index contributed by atoms with van der Waals surface area (Å²) in [7, 11) is 0. The molecule has 102 valence electrons. The highest BCUT2D eigenvalue weighted by molar-refractivity contribution is 8.00. The Morgan fingerprint density at radius 1 is 1.39 bits per heavy atom. The molecule has 0 saturated carbocycles. The van der Waals surface area contributed by atoms with Crippen LogP contribution in [0.2, 0.25) is 0 Å². The van der Waals surface area contributed by atoms with Crippen LogP contribution >= 0.6 is 11.8 Å². The molecule has 2 atom stereocenters. The molecule has 2 saturated heterocycles. The van der Waals surface area contributed by atoms with Crippen molar-refractivity contribution >= 4 is 23.6 Å². The maximum absolute atomic E-state index is 12.3. The van der Waals surface area contributed by atoms with Gasteiger partial charge in [-0.2, -0.15) is 0 Å². The van der Waals surface area contributed by atoms with Crippen LogP contribution in [0.3, 0.4) is 0 Å². The number of carbonyl (C=O) groups is 2. The zero-order valence-electron chi connectivity index (χ0n) is 10.3. The molecule has 0 radical (unpaired) electrons. The molecule has 1 N–H and O–H groups in total. The molecule has 2 heterocycles. The van der Waals surface area contributed by atoms with Gasteiger partial charge in [-0.3, -0.25) is 9.59 Å². The van der Waals surface area contributed by atoms with Gasteiger partial charge in [-0.05, 0) is 18.6 Å². The van der Waals surface area contributed by atoms with Crippen LogP contribution < -0.4 is 0 Å². The summed E-state index contributed by atoms with van der Waals surface area (Å²) in [6, 6.07) is 0. The molecule has 2 unspecified atom stereocenters. The quantitative estimate of drug-likeness (QED) is 0.830. The number of hydrogen-bond donors (Lipinski definition) is 1. The average Bonchev–Trinajstić information content (AvgIpc) is 2.38. The van der Waals surface area contributed by atoms with Gasteiger partial charge in [0.05, 0.1) is 24.4 Å². The van der Waals surface area contributed by atoms with Gasteiger partial charge in [0.15, 0.2) is 0 Å². The second-order valence-corrected chi connectivity index (χ2v) is 6.04. The first-order chi connectivity index (χ1) is 8.66. The highest BCUT2D eigenvalue weighted by Crippen LogP contribution is 2.27. The molecule has 6 heteroatoms. The summed E-state index contributed by atoms with van der Waals surface area (Å²) in [6.07, 6.45) is 2.88. The number of nitrogens with zero attached hydrogens (tertiary/aromatic N) is 1. The molecule has 1 amide bonds. The fourth-order valence-electron chi connectivity index (χ4n) is 2.38. The third-order valence-corrected chi connectivity index (χ3v) is 4.67. The third kappa shape index (κ3) is 3.62. The lowest BCUT2D eigenvalue weighted by atomic mass is 10.1. The number of aliphatic carboxylic acids is 1. The highest BCUT2D eigenvalue weighted by atomic mass is 32.2. The summed E-state index contributed by atoms with van der Waals surface area (Å²) in [5.41, 5.74) is 0. The molecule has 0 aromatic heterocycles. The van der Waals surface area contributed by atoms with E-state index < -0.39 is 5.97 Å². The van der Waals surface area contributed by atoms with E-state index in [0.29, 0.717) is 19.7 Å². The van der Waals surface area contributed by atoms with Crippen LogP contribution in [0.15, 0.2) is 0 Å². The molecular weight excluding hydrogens is 254 g/mol. The lowest BCUT2D eigenvalue weighted by Crippen LogP contribution is -2.49. The Kier molecular flexibility index (Phi) is 4.88. The van der Waals surface area contributed by atoms with Gasteiger partial charge >= 0.3 is 5.97 Å². The van der Waals surface area contributed by atoms with Crippen LogP contribution in [0, 0.1) is 0 Å². The molecule has 2 aliphatic rings. The van der Waals surface area contributed by atoms with E-state index in [2.05, 4.69) is 0 Å². The second-order valence-electron chi connectivity index (χ2n) is 4.73. The van der Waals surface area contributed by atoms with E-state index in [0.717, 1.165) is 18.6 Å². The molecule has 0 bridgehead atoms. The highest BCUT2D eigenvalue weighted by Gasteiger charge is 2.31. The predicted molar refractivity (Wildman–Crippen MR) is 68.7 cm³/mol. The Morgan fingerprint density at radius 3 is 2.89 bits per heavy atom. The summed E-state index contributed by atoms with van der Waals surface area (Å²) in [6.45, 7) is 1.45. The number of carboxylic acids is 1. The molecule has 0 aromatic rings. The van der Waals surface area contributed by atoms with Crippen LogP contribution in [0.25, 0.3) is 0 Å². The minimum Gasteiger partial charge on any atom is -0.481 e. The Hall–Kier alpha value is -0.750. The Bertz CT molecular complexity index is 317. The Morgan fingerprint density at radius 2 is 2.22 bits per heavy atom. The van der Waals surface area contributed by atoms with Crippen molar-refractivity contribution in [2.45, 2.75) is 37.0 Å². The van der Waals surface area contributed by atoms with Gasteiger partial charge in [-0.1, -0.05) is 6.42 Å². The number of morpholine rings is 1. The monoisotopic (exact) mass is 273 g/mol. The van der Waals surface area contributed by atoms with Gasteiger partial charge in [0.2, 0.25) is 5.91 Å². The van der Waals surface area contributed by atoms with Crippen LogP contribution in [0.1, 0.15) is 25.7 Å². The van der Waals surface area contributed by atoms with E-state index in [1.165, 1.54) is 6.42 Å². The van der Waals surface area contributed by atoms with Crippen LogP contribution in [-0.2, 0) is 14.3 Å². The molecule has 2 fully saturated rings. The summed E-state index contributed by atoms with van der Waals surface area (Å²) in [5, 5.41) is 8.82. The molecule has 0 aromatic carbocycles. The molecule has 2 rings (SSSR count). The second kappa shape index (κ2) is 6.43. The maximum atomic E-state index is 12.3. The van der Waals surface area contributed by atoms with Crippen molar-refractivity contribution in [3.63, 3.8) is 0 Å². The molecule has 2 aliphatic heterocycles. The number of ether oxygens (including phenoxy) is 1. The third-order valence-electron chi connectivity index (χ3n) is 3.31. The van der Waals surface area contributed by atoms with Crippen molar-refractivity contribution in [3.05, 3.63) is 0 Å². The Balaban J connectivity index is 1.87. The molecule has 18 heavy (non-hydrogen) atoms. The fourth-order valence-corrected chi connectivity index (χ4v) is 3.66. The number of carboxylic acid groups (broad SMARTS) is 1. The zero-order chi connectivity index (χ0) is 13.0. The minimum atomic E-state index is -0.874. The normalized spacial score (nSPS) is 29.0. The van der Waals surface area contributed by atoms with Crippen molar-refractivity contribution in [1.82, 2.24) is 4.90 Å². The van der Waals surface area contributed by atoms with Gasteiger partial charge < -0.3 is 14.7 Å². The molecular formula is C12H19NO4S. The number of rotatable bonds is 3. The van der Waals surface area contributed by atoms with E-state index >= 15 is 0 Å². The number of carbonyl (C=O) groups excluding carboxylic acids is 1. The lowest BCUT2D eigenvalue weighted by molar-refractivity contribution is -0.147. The topological polar surface area (TPSA) is 66.8 Å². The van der Waals surface area contributed by atoms with Crippen LogP contribution in [0.4, 0.5) is 0 Å². The first-order valence-corrected chi connectivity index (χ1v) is 7.45. The van der Waals surface area contributed by atoms with Crippen LogP contribution in [-0.4, -0.2) is 58.7 Å². The van der Waals surface area contributed by atoms with E-state index in [-0.39, 0.29) is 23.7 Å². The van der Waals surface area contributed by atoms with Crippen molar-refractivity contribution < 1.29 is 19.4 Å². The lowest BCUT2D eigenvalue weighted by Gasteiger charge is -2.35. The van der Waals surface area contributed by atoms with Gasteiger partial charge in [-0.25, -0.2) is 0 Å². The van der Waals surface area contributed by atoms with Gasteiger partial charge in [0.25, 0.3) is 0 Å². The first-order valence-electron chi connectivity index (χ1n) is 6.40. The summed E-state index contributed by atoms with van der Waals surface area (Å²) in [5.74, 6) is 0.346.